The second kappa shape index (κ2) is 10.4. The van der Waals surface area contributed by atoms with E-state index >= 15 is 0 Å². The predicted octanol–water partition coefficient (Wildman–Crippen LogP) is 2.91. The number of aliphatic hydroxyl groups is 1. The third kappa shape index (κ3) is 7.13. The second-order valence-electron chi connectivity index (χ2n) is 5.49. The second-order valence-corrected chi connectivity index (χ2v) is 7.24. The molecule has 2 aromatic rings. The summed E-state index contributed by atoms with van der Waals surface area (Å²) in [7, 11) is 0. The Morgan fingerprint density at radius 1 is 1.29 bits per heavy atom. The zero-order valence-electron chi connectivity index (χ0n) is 14.9. The minimum absolute atomic E-state index is 0.108. The number of rotatable bonds is 8. The van der Waals surface area contributed by atoms with Crippen molar-refractivity contribution in [1.29, 1.82) is 0 Å². The molecule has 1 atom stereocenters. The van der Waals surface area contributed by atoms with Gasteiger partial charge in [0.05, 0.1) is 10.9 Å². The van der Waals surface area contributed by atoms with E-state index in [1.165, 1.54) is 11.3 Å². The van der Waals surface area contributed by atoms with Crippen LogP contribution in [0.15, 0.2) is 29.4 Å². The maximum Gasteiger partial charge on any atom is 0.433 e. The number of alkyl halides is 3. The number of hydrogen-bond acceptors (Lipinski definition) is 6. The molecule has 2 rings (SSSR count). The van der Waals surface area contributed by atoms with Gasteiger partial charge in [-0.15, -0.1) is 11.3 Å². The zero-order valence-corrected chi connectivity index (χ0v) is 16.5. The first kappa shape index (κ1) is 22.2. The summed E-state index contributed by atoms with van der Waals surface area (Å²) in [4.78, 5) is 12.2. The molecule has 154 valence electrons. The highest BCUT2D eigenvalue weighted by Crippen LogP contribution is 2.28. The van der Waals surface area contributed by atoms with Crippen LogP contribution in [-0.4, -0.2) is 47.2 Å². The number of aromatic nitrogens is 2. The molecule has 0 spiro atoms. The van der Waals surface area contributed by atoms with Gasteiger partial charge < -0.3 is 21.1 Å². The lowest BCUT2D eigenvalue weighted by atomic mass is 10.3. The average molecular weight is 437 g/mol. The summed E-state index contributed by atoms with van der Waals surface area (Å²) < 4.78 is 38.5. The lowest BCUT2D eigenvalue weighted by Crippen LogP contribution is -2.40. The molecule has 0 saturated heterocycles. The highest BCUT2D eigenvalue weighted by atomic mass is 35.5. The van der Waals surface area contributed by atoms with Crippen LogP contribution in [0, 0.1) is 0 Å². The number of nitrogens with zero attached hydrogens (tertiary/aromatic N) is 3. The number of halogens is 4. The standard InChI is InChI=1S/C16H20ClF3N6OS/c1-2-21-14(25-9-10(27)11-3-4-13(17)28-11)23-7-8-24-15-22-6-5-12(26-15)16(18,19)20/h3-6,10,27H,2,7-9H2,1H3,(H2,21,23,25)(H,22,24,26). The Hall–Kier alpha value is -2.11. The maximum atomic E-state index is 12.6. The topological polar surface area (TPSA) is 94.5 Å². The van der Waals surface area contributed by atoms with Crippen molar-refractivity contribution in [3.63, 3.8) is 0 Å². The molecule has 0 aromatic carbocycles. The van der Waals surface area contributed by atoms with E-state index in [4.69, 9.17) is 11.6 Å². The van der Waals surface area contributed by atoms with Crippen molar-refractivity contribution >= 4 is 34.8 Å². The molecule has 12 heteroatoms. The van der Waals surface area contributed by atoms with Crippen molar-refractivity contribution in [3.8, 4) is 0 Å². The van der Waals surface area contributed by atoms with Crippen LogP contribution in [0.5, 0.6) is 0 Å². The Morgan fingerprint density at radius 2 is 2.07 bits per heavy atom. The fraction of sp³-hybridized carbons (Fsp3) is 0.438. The molecular weight excluding hydrogens is 417 g/mol. The fourth-order valence-corrected chi connectivity index (χ4v) is 3.11. The van der Waals surface area contributed by atoms with E-state index in [2.05, 4.69) is 30.9 Å². The number of anilines is 1. The van der Waals surface area contributed by atoms with Crippen LogP contribution in [0.2, 0.25) is 4.34 Å². The number of thiophene rings is 1. The lowest BCUT2D eigenvalue weighted by molar-refractivity contribution is -0.141. The molecule has 0 saturated carbocycles. The number of guanidine groups is 1. The Labute approximate surface area is 169 Å². The monoisotopic (exact) mass is 436 g/mol. The molecule has 0 fully saturated rings. The summed E-state index contributed by atoms with van der Waals surface area (Å²) in [5, 5.41) is 18.9. The van der Waals surface area contributed by atoms with E-state index in [-0.39, 0.29) is 19.0 Å². The van der Waals surface area contributed by atoms with Crippen LogP contribution in [-0.2, 0) is 6.18 Å². The van der Waals surface area contributed by atoms with Gasteiger partial charge in [0.15, 0.2) is 5.96 Å². The SMILES string of the molecule is CCNC(=NCC(O)c1ccc(Cl)s1)NCCNc1nccc(C(F)(F)F)n1. The van der Waals surface area contributed by atoms with E-state index in [1.54, 1.807) is 12.1 Å². The smallest absolute Gasteiger partial charge is 0.386 e. The number of hydrogen-bond donors (Lipinski definition) is 4. The van der Waals surface area contributed by atoms with Gasteiger partial charge >= 0.3 is 6.18 Å². The van der Waals surface area contributed by atoms with Gasteiger partial charge in [0.25, 0.3) is 0 Å². The summed E-state index contributed by atoms with van der Waals surface area (Å²) in [6.07, 6.45) is -4.24. The molecule has 0 radical (unpaired) electrons. The van der Waals surface area contributed by atoms with E-state index < -0.39 is 18.0 Å². The van der Waals surface area contributed by atoms with E-state index in [0.717, 1.165) is 12.3 Å². The summed E-state index contributed by atoms with van der Waals surface area (Å²) in [5.41, 5.74) is -1.00. The summed E-state index contributed by atoms with van der Waals surface area (Å²) in [6, 6.07) is 4.26. The first-order chi connectivity index (χ1) is 13.3. The molecular formula is C16H20ClF3N6OS. The minimum atomic E-state index is -4.52. The van der Waals surface area contributed by atoms with Gasteiger partial charge in [-0.05, 0) is 25.1 Å². The van der Waals surface area contributed by atoms with Crippen LogP contribution < -0.4 is 16.0 Å². The number of nitrogens with one attached hydrogen (secondary N) is 3. The van der Waals surface area contributed by atoms with Crippen LogP contribution in [0.4, 0.5) is 19.1 Å². The quantitative estimate of drug-likeness (QED) is 0.289. The van der Waals surface area contributed by atoms with Crippen molar-refractivity contribution in [1.82, 2.24) is 20.6 Å². The summed E-state index contributed by atoms with van der Waals surface area (Å²) in [6.45, 7) is 3.26. The van der Waals surface area contributed by atoms with Gasteiger partial charge in [-0.3, -0.25) is 4.99 Å². The summed E-state index contributed by atoms with van der Waals surface area (Å²) in [5.74, 6) is 0.361. The zero-order chi connectivity index (χ0) is 20.6. The van der Waals surface area contributed by atoms with Crippen LogP contribution in [0.3, 0.4) is 0 Å². The van der Waals surface area contributed by atoms with Crippen molar-refractivity contribution in [2.75, 3.05) is 31.5 Å². The fourth-order valence-electron chi connectivity index (χ4n) is 2.07. The largest absolute Gasteiger partial charge is 0.433 e. The average Bonchev–Trinajstić information content (AvgIpc) is 3.09. The van der Waals surface area contributed by atoms with Crippen LogP contribution in [0.1, 0.15) is 23.6 Å². The molecule has 2 heterocycles. The Balaban J connectivity index is 1.83. The van der Waals surface area contributed by atoms with Gasteiger partial charge in [-0.25, -0.2) is 9.97 Å². The lowest BCUT2D eigenvalue weighted by Gasteiger charge is -2.13. The van der Waals surface area contributed by atoms with Gasteiger partial charge in [0.1, 0.15) is 11.8 Å². The molecule has 0 aliphatic carbocycles. The van der Waals surface area contributed by atoms with Crippen molar-refractivity contribution in [2.24, 2.45) is 4.99 Å². The van der Waals surface area contributed by atoms with E-state index in [1.807, 2.05) is 6.92 Å². The molecule has 0 aliphatic heterocycles. The van der Waals surface area contributed by atoms with E-state index in [0.29, 0.717) is 28.3 Å². The first-order valence-corrected chi connectivity index (χ1v) is 9.58. The Morgan fingerprint density at radius 3 is 2.71 bits per heavy atom. The summed E-state index contributed by atoms with van der Waals surface area (Å²) >= 11 is 7.14. The third-order valence-corrected chi connectivity index (χ3v) is 4.67. The molecule has 28 heavy (non-hydrogen) atoms. The highest BCUT2D eigenvalue weighted by Gasteiger charge is 2.32. The van der Waals surface area contributed by atoms with Gasteiger partial charge in [-0.1, -0.05) is 11.6 Å². The van der Waals surface area contributed by atoms with Gasteiger partial charge in [0.2, 0.25) is 5.95 Å². The van der Waals surface area contributed by atoms with Crippen molar-refractivity contribution < 1.29 is 18.3 Å². The van der Waals surface area contributed by atoms with Gasteiger partial charge in [0, 0.05) is 30.7 Å². The maximum absolute atomic E-state index is 12.6. The Kier molecular flexibility index (Phi) is 8.27. The van der Waals surface area contributed by atoms with Gasteiger partial charge in [-0.2, -0.15) is 13.2 Å². The molecule has 7 nitrogen and oxygen atoms in total. The predicted molar refractivity (Wildman–Crippen MR) is 104 cm³/mol. The molecule has 0 bridgehead atoms. The number of aliphatic imine (C=N–C) groups is 1. The van der Waals surface area contributed by atoms with E-state index in [9.17, 15) is 18.3 Å². The number of aliphatic hydroxyl groups excluding tert-OH is 1. The highest BCUT2D eigenvalue weighted by molar-refractivity contribution is 7.16. The molecule has 2 aromatic heterocycles. The molecule has 0 aliphatic rings. The molecule has 0 amide bonds. The molecule has 1 unspecified atom stereocenters. The minimum Gasteiger partial charge on any atom is -0.386 e. The Bertz CT molecular complexity index is 786. The third-order valence-electron chi connectivity index (χ3n) is 3.34. The van der Waals surface area contributed by atoms with Crippen LogP contribution >= 0.6 is 22.9 Å². The van der Waals surface area contributed by atoms with Crippen molar-refractivity contribution in [2.45, 2.75) is 19.2 Å². The van der Waals surface area contributed by atoms with Crippen molar-refractivity contribution in [3.05, 3.63) is 39.3 Å². The normalized spacial score (nSPS) is 13.3. The first-order valence-electron chi connectivity index (χ1n) is 8.39. The van der Waals surface area contributed by atoms with Crippen LogP contribution in [0.25, 0.3) is 0 Å². The molecule has 4 N–H and O–H groups in total.